The first kappa shape index (κ1) is 40.6. The van der Waals surface area contributed by atoms with Crippen LogP contribution in [0.5, 0.6) is 0 Å². The molecular weight excluding hydrogens is 861 g/mol. The summed E-state index contributed by atoms with van der Waals surface area (Å²) in [6.45, 7) is 0. The minimum Gasteiger partial charge on any atom is -0.455 e. The van der Waals surface area contributed by atoms with Gasteiger partial charge in [0.2, 0.25) is 0 Å². The summed E-state index contributed by atoms with van der Waals surface area (Å²) in [7, 11) is 0. The van der Waals surface area contributed by atoms with Gasteiger partial charge in [-0.05, 0) is 146 Å². The van der Waals surface area contributed by atoms with E-state index in [1.807, 2.05) is 0 Å². The molecule has 0 spiro atoms. The molecule has 3 heteroatoms. The zero-order valence-electron chi connectivity index (χ0n) is 38.7. The van der Waals surface area contributed by atoms with Crippen LogP contribution < -0.4 is 4.90 Å². The molecule has 71 heavy (non-hydrogen) atoms. The first-order valence-corrected chi connectivity index (χ1v) is 24.3. The van der Waals surface area contributed by atoms with Crippen LogP contribution in [0.25, 0.3) is 115 Å². The van der Waals surface area contributed by atoms with Crippen LogP contribution in [0.15, 0.2) is 271 Å². The summed E-state index contributed by atoms with van der Waals surface area (Å²) in [6, 6.07) is 96.7. The Bertz CT molecular complexity index is 4280. The number of rotatable bonds is 8. The van der Waals surface area contributed by atoms with Gasteiger partial charge in [-0.2, -0.15) is 0 Å². The molecule has 0 saturated carbocycles. The van der Waals surface area contributed by atoms with Crippen LogP contribution in [0.2, 0.25) is 0 Å². The van der Waals surface area contributed by atoms with Crippen molar-refractivity contribution in [2.45, 2.75) is 0 Å². The molecule has 0 atom stereocenters. The van der Waals surface area contributed by atoms with Gasteiger partial charge in [0, 0.05) is 49.7 Å². The average molecular weight is 905 g/mol. The van der Waals surface area contributed by atoms with Crippen LogP contribution in [-0.4, -0.2) is 4.57 Å². The largest absolute Gasteiger partial charge is 0.455 e. The highest BCUT2D eigenvalue weighted by atomic mass is 16.3. The Morgan fingerprint density at radius 2 is 0.746 bits per heavy atom. The van der Waals surface area contributed by atoms with E-state index in [1.165, 1.54) is 54.7 Å². The monoisotopic (exact) mass is 904 g/mol. The molecule has 0 bridgehead atoms. The van der Waals surface area contributed by atoms with Crippen LogP contribution in [0.1, 0.15) is 0 Å². The second kappa shape index (κ2) is 16.7. The van der Waals surface area contributed by atoms with Crippen LogP contribution in [0.4, 0.5) is 17.1 Å². The lowest BCUT2D eigenvalue weighted by molar-refractivity contribution is 0.673. The van der Waals surface area contributed by atoms with Gasteiger partial charge < -0.3 is 13.9 Å². The third-order valence-corrected chi connectivity index (χ3v) is 14.4. The third-order valence-electron chi connectivity index (χ3n) is 14.4. The third kappa shape index (κ3) is 7.06. The molecule has 0 aliphatic rings. The summed E-state index contributed by atoms with van der Waals surface area (Å²) in [5.41, 5.74) is 17.9. The highest BCUT2D eigenvalue weighted by Crippen LogP contribution is 2.41. The Hall–Kier alpha value is -9.44. The molecule has 2 heterocycles. The van der Waals surface area contributed by atoms with E-state index in [4.69, 9.17) is 4.42 Å². The van der Waals surface area contributed by atoms with E-state index in [0.29, 0.717) is 0 Å². The summed E-state index contributed by atoms with van der Waals surface area (Å²) < 4.78 is 9.02. The lowest BCUT2D eigenvalue weighted by Gasteiger charge is -2.26. The predicted octanol–water partition coefficient (Wildman–Crippen LogP) is 19.1. The van der Waals surface area contributed by atoms with Gasteiger partial charge in [0.15, 0.2) is 0 Å². The van der Waals surface area contributed by atoms with E-state index in [-0.39, 0.29) is 0 Å². The molecule has 0 fully saturated rings. The van der Waals surface area contributed by atoms with Crippen molar-refractivity contribution < 1.29 is 4.42 Å². The minimum atomic E-state index is 0.884. The van der Waals surface area contributed by atoms with Crippen molar-refractivity contribution in [2.75, 3.05) is 4.90 Å². The van der Waals surface area contributed by atoms with E-state index < -0.39 is 0 Å². The van der Waals surface area contributed by atoms with Gasteiger partial charge >= 0.3 is 0 Å². The first-order valence-electron chi connectivity index (χ1n) is 24.3. The smallest absolute Gasteiger partial charge is 0.143 e. The number of furan rings is 1. The minimum absolute atomic E-state index is 0.884. The van der Waals surface area contributed by atoms with Gasteiger partial charge in [0.05, 0.1) is 11.0 Å². The van der Waals surface area contributed by atoms with Gasteiger partial charge in [-0.25, -0.2) is 0 Å². The van der Waals surface area contributed by atoms with Gasteiger partial charge in [0.25, 0.3) is 0 Å². The van der Waals surface area contributed by atoms with Crippen LogP contribution in [0.3, 0.4) is 0 Å². The molecule has 0 amide bonds. The van der Waals surface area contributed by atoms with E-state index in [0.717, 1.165) is 77.9 Å². The summed E-state index contributed by atoms with van der Waals surface area (Å²) in [6.07, 6.45) is 0. The van der Waals surface area contributed by atoms with Crippen molar-refractivity contribution in [1.29, 1.82) is 0 Å². The lowest BCUT2D eigenvalue weighted by Crippen LogP contribution is -2.10. The molecule has 14 rings (SSSR count). The molecule has 0 radical (unpaired) electrons. The molecule has 14 aromatic rings. The fraction of sp³-hybridized carbons (Fsp3) is 0. The molecular formula is C68H44N2O. The number of fused-ring (bicyclic) bond motifs is 9. The van der Waals surface area contributed by atoms with E-state index in [1.54, 1.807) is 0 Å². The summed E-state index contributed by atoms with van der Waals surface area (Å²) in [5.74, 6) is 0. The summed E-state index contributed by atoms with van der Waals surface area (Å²) in [5, 5.41) is 9.58. The van der Waals surface area contributed by atoms with Crippen LogP contribution in [-0.2, 0) is 0 Å². The van der Waals surface area contributed by atoms with Crippen LogP contribution in [0, 0.1) is 0 Å². The van der Waals surface area contributed by atoms with Crippen molar-refractivity contribution in [1.82, 2.24) is 4.57 Å². The second-order valence-electron chi connectivity index (χ2n) is 18.5. The number of benzene rings is 12. The second-order valence-corrected chi connectivity index (χ2v) is 18.5. The maximum atomic E-state index is 6.64. The molecule has 2 aromatic heterocycles. The first-order chi connectivity index (χ1) is 35.2. The normalized spacial score (nSPS) is 11.7. The number of hydrogen-bond donors (Lipinski definition) is 0. The van der Waals surface area contributed by atoms with Crippen molar-refractivity contribution in [3.8, 4) is 50.2 Å². The number of hydrogen-bond acceptors (Lipinski definition) is 2. The quantitative estimate of drug-likeness (QED) is 0.151. The van der Waals surface area contributed by atoms with Crippen molar-refractivity contribution in [3.63, 3.8) is 0 Å². The van der Waals surface area contributed by atoms with Gasteiger partial charge in [-0.3, -0.25) is 0 Å². The summed E-state index contributed by atoms with van der Waals surface area (Å²) >= 11 is 0. The number of aromatic nitrogens is 1. The van der Waals surface area contributed by atoms with Crippen molar-refractivity contribution >= 4 is 82.4 Å². The van der Waals surface area contributed by atoms with Gasteiger partial charge in [-0.15, -0.1) is 0 Å². The lowest BCUT2D eigenvalue weighted by atomic mass is 9.98. The Morgan fingerprint density at radius 1 is 0.268 bits per heavy atom. The standard InChI is InChI=1S/C68H44N2O/c1-2-13-51-41-54(28-27-45(51)11-1)48-25-23-46(24-26-48)47-29-35-56(36-30-47)69(58-16-10-15-53(43-58)55-34-39-63-64-40-33-50-12-3-4-18-60(50)68(64)71-67(63)44-55)57-37-31-49(32-38-57)52-14-9-17-59(42-52)70-65-21-7-5-19-61(65)62-20-6-8-22-66(62)70/h1-44H. The molecule has 0 aliphatic carbocycles. The molecule has 0 N–H and O–H groups in total. The van der Waals surface area contributed by atoms with E-state index in [9.17, 15) is 0 Å². The topological polar surface area (TPSA) is 21.3 Å². The van der Waals surface area contributed by atoms with Gasteiger partial charge in [0.1, 0.15) is 11.2 Å². The zero-order chi connectivity index (χ0) is 46.8. The molecule has 12 aromatic carbocycles. The Kier molecular flexibility index (Phi) is 9.53. The highest BCUT2D eigenvalue weighted by Gasteiger charge is 2.18. The number of anilines is 3. The SMILES string of the molecule is c1cc(-c2ccc3c(c2)oc2c4ccccc4ccc32)cc(N(c2ccc(-c3ccc(-c4ccc5ccccc5c4)cc3)cc2)c2ccc(-c3cccc(-n4c5ccccc5c5ccccc54)c3)cc2)c1. The van der Waals surface area contributed by atoms with E-state index >= 15 is 0 Å². The Morgan fingerprint density at radius 3 is 1.44 bits per heavy atom. The van der Waals surface area contributed by atoms with Crippen LogP contribution >= 0.6 is 0 Å². The Labute approximate surface area is 411 Å². The molecule has 0 saturated heterocycles. The fourth-order valence-electron chi connectivity index (χ4n) is 10.8. The maximum absolute atomic E-state index is 6.64. The zero-order valence-corrected chi connectivity index (χ0v) is 38.7. The fourth-order valence-corrected chi connectivity index (χ4v) is 10.8. The maximum Gasteiger partial charge on any atom is 0.143 e. The molecule has 3 nitrogen and oxygen atoms in total. The predicted molar refractivity (Wildman–Crippen MR) is 299 cm³/mol. The molecule has 0 aliphatic heterocycles. The van der Waals surface area contributed by atoms with Gasteiger partial charge in [-0.1, -0.05) is 182 Å². The highest BCUT2D eigenvalue weighted by molar-refractivity contribution is 6.15. The van der Waals surface area contributed by atoms with Crippen molar-refractivity contribution in [3.05, 3.63) is 267 Å². The van der Waals surface area contributed by atoms with Crippen molar-refractivity contribution in [2.24, 2.45) is 0 Å². The number of para-hydroxylation sites is 2. The molecule has 0 unspecified atom stereocenters. The number of nitrogens with zero attached hydrogens (tertiary/aromatic N) is 2. The summed E-state index contributed by atoms with van der Waals surface area (Å²) in [4.78, 5) is 2.36. The Balaban J connectivity index is 0.830. The molecule has 332 valence electrons. The average Bonchev–Trinajstić information content (AvgIpc) is 4.00. The van der Waals surface area contributed by atoms with E-state index in [2.05, 4.69) is 276 Å².